The predicted molar refractivity (Wildman–Crippen MR) is 130 cm³/mol. The summed E-state index contributed by atoms with van der Waals surface area (Å²) in [4.78, 5) is 0. The second kappa shape index (κ2) is 8.98. The van der Waals surface area contributed by atoms with Crippen LogP contribution in [-0.2, 0) is 6.42 Å². The van der Waals surface area contributed by atoms with Crippen molar-refractivity contribution in [3.05, 3.63) is 106 Å². The van der Waals surface area contributed by atoms with Gasteiger partial charge in [0.15, 0.2) is 0 Å². The Morgan fingerprint density at radius 1 is 0.935 bits per heavy atom. The van der Waals surface area contributed by atoms with Crippen molar-refractivity contribution >= 4 is 28.9 Å². The molecule has 0 saturated carbocycles. The van der Waals surface area contributed by atoms with Crippen LogP contribution in [0, 0.1) is 5.92 Å². The van der Waals surface area contributed by atoms with Crippen molar-refractivity contribution in [2.45, 2.75) is 31.2 Å². The lowest BCUT2D eigenvalue weighted by Crippen LogP contribution is -2.29. The van der Waals surface area contributed by atoms with Crippen molar-refractivity contribution < 1.29 is 4.74 Å². The number of nitrogens with one attached hydrogen (secondary N) is 1. The summed E-state index contributed by atoms with van der Waals surface area (Å²) in [6, 6.07) is 22.8. The third-order valence-corrected chi connectivity index (χ3v) is 6.93. The van der Waals surface area contributed by atoms with Gasteiger partial charge in [-0.3, -0.25) is 0 Å². The highest BCUT2D eigenvalue weighted by atomic mass is 35.5. The van der Waals surface area contributed by atoms with Gasteiger partial charge in [0.05, 0.1) is 18.3 Å². The van der Waals surface area contributed by atoms with E-state index in [1.54, 1.807) is 0 Å². The standard InChI is InChI=1S/C27H25Cl2NO/c28-19-14-15-23(24(29)17-19)26-21-11-4-10-20(21)22-12-5-13-25(27(22)30-26)31-16-6-9-18-7-2-1-3-8-18/h1-5,7-8,10,12-15,17,20-21,26,30H,6,9,11,16H2. The number of rotatable bonds is 6. The first kappa shape index (κ1) is 20.5. The Balaban J connectivity index is 1.38. The van der Waals surface area contributed by atoms with Crippen molar-refractivity contribution in [3.8, 4) is 5.75 Å². The lowest BCUT2D eigenvalue weighted by molar-refractivity contribution is 0.309. The fourth-order valence-electron chi connectivity index (χ4n) is 4.88. The summed E-state index contributed by atoms with van der Waals surface area (Å²) in [7, 11) is 0. The number of allylic oxidation sites excluding steroid dienone is 2. The molecule has 0 radical (unpaired) electrons. The molecule has 5 rings (SSSR count). The molecular formula is C27H25Cl2NO. The van der Waals surface area contributed by atoms with Gasteiger partial charge >= 0.3 is 0 Å². The van der Waals surface area contributed by atoms with Crippen LogP contribution < -0.4 is 10.1 Å². The van der Waals surface area contributed by atoms with Gasteiger partial charge in [-0.1, -0.05) is 83.9 Å². The van der Waals surface area contributed by atoms with E-state index in [4.69, 9.17) is 27.9 Å². The Morgan fingerprint density at radius 3 is 2.65 bits per heavy atom. The lowest BCUT2D eigenvalue weighted by Gasteiger charge is -2.38. The second-order valence-electron chi connectivity index (χ2n) is 8.30. The fourth-order valence-corrected chi connectivity index (χ4v) is 5.40. The largest absolute Gasteiger partial charge is 0.491 e. The van der Waals surface area contributed by atoms with Gasteiger partial charge in [0.25, 0.3) is 0 Å². The Kier molecular flexibility index (Phi) is 5.93. The van der Waals surface area contributed by atoms with E-state index in [1.807, 2.05) is 18.2 Å². The number of hydrogen-bond donors (Lipinski definition) is 1. The first-order chi connectivity index (χ1) is 15.2. The number of anilines is 1. The summed E-state index contributed by atoms with van der Waals surface area (Å²) >= 11 is 12.8. The van der Waals surface area contributed by atoms with Crippen LogP contribution in [0.1, 0.15) is 41.5 Å². The number of ether oxygens (including phenoxy) is 1. The summed E-state index contributed by atoms with van der Waals surface area (Å²) in [5, 5.41) is 5.15. The average molecular weight is 450 g/mol. The zero-order valence-corrected chi connectivity index (χ0v) is 18.7. The van der Waals surface area contributed by atoms with E-state index in [0.717, 1.165) is 36.3 Å². The smallest absolute Gasteiger partial charge is 0.142 e. The van der Waals surface area contributed by atoms with Crippen LogP contribution in [0.2, 0.25) is 10.0 Å². The lowest BCUT2D eigenvalue weighted by atomic mass is 9.77. The molecule has 3 unspecified atom stereocenters. The first-order valence-electron chi connectivity index (χ1n) is 10.9. The number of benzene rings is 3. The molecule has 4 heteroatoms. The van der Waals surface area contributed by atoms with Crippen LogP contribution in [0.4, 0.5) is 5.69 Å². The van der Waals surface area contributed by atoms with Crippen LogP contribution in [0.25, 0.3) is 0 Å². The highest BCUT2D eigenvalue weighted by molar-refractivity contribution is 6.35. The summed E-state index contributed by atoms with van der Waals surface area (Å²) < 4.78 is 6.27. The Morgan fingerprint density at radius 2 is 1.81 bits per heavy atom. The van der Waals surface area contributed by atoms with E-state index < -0.39 is 0 Å². The maximum atomic E-state index is 6.60. The van der Waals surface area contributed by atoms with Gasteiger partial charge in [0, 0.05) is 16.0 Å². The average Bonchev–Trinajstić information content (AvgIpc) is 3.28. The molecule has 0 spiro atoms. The normalized spacial score (nSPS) is 21.3. The van der Waals surface area contributed by atoms with Crippen LogP contribution in [0.15, 0.2) is 78.9 Å². The molecule has 3 aromatic rings. The van der Waals surface area contributed by atoms with Crippen molar-refractivity contribution in [2.75, 3.05) is 11.9 Å². The molecule has 31 heavy (non-hydrogen) atoms. The van der Waals surface area contributed by atoms with Gasteiger partial charge in [-0.15, -0.1) is 0 Å². The third kappa shape index (κ3) is 4.20. The molecule has 1 aliphatic carbocycles. The van der Waals surface area contributed by atoms with Crippen molar-refractivity contribution in [2.24, 2.45) is 5.92 Å². The molecule has 2 nitrogen and oxygen atoms in total. The third-order valence-electron chi connectivity index (χ3n) is 6.37. The van der Waals surface area contributed by atoms with Gasteiger partial charge in [0.2, 0.25) is 0 Å². The molecule has 0 saturated heterocycles. The summed E-state index contributed by atoms with van der Waals surface area (Å²) in [5.74, 6) is 1.71. The zero-order chi connectivity index (χ0) is 21.2. The molecule has 158 valence electrons. The monoisotopic (exact) mass is 449 g/mol. The van der Waals surface area contributed by atoms with Gasteiger partial charge in [0.1, 0.15) is 5.75 Å². The van der Waals surface area contributed by atoms with Gasteiger partial charge in [-0.05, 0) is 60.1 Å². The number of fused-ring (bicyclic) bond motifs is 3. The molecule has 3 aromatic carbocycles. The number of aryl methyl sites for hydroxylation is 1. The van der Waals surface area contributed by atoms with E-state index in [1.165, 1.54) is 11.1 Å². The second-order valence-corrected chi connectivity index (χ2v) is 9.14. The van der Waals surface area contributed by atoms with Gasteiger partial charge < -0.3 is 10.1 Å². The van der Waals surface area contributed by atoms with Crippen LogP contribution >= 0.6 is 23.2 Å². The minimum Gasteiger partial charge on any atom is -0.491 e. The van der Waals surface area contributed by atoms with Crippen LogP contribution in [0.5, 0.6) is 5.75 Å². The summed E-state index contributed by atoms with van der Waals surface area (Å²) in [6.45, 7) is 0.684. The van der Waals surface area contributed by atoms with Crippen LogP contribution in [-0.4, -0.2) is 6.61 Å². The Bertz CT molecular complexity index is 1100. The van der Waals surface area contributed by atoms with E-state index in [0.29, 0.717) is 28.5 Å². The SMILES string of the molecule is Clc1ccc(C2Nc3c(OCCCc4ccccc4)cccc3C3C=CCC32)c(Cl)c1. The molecule has 0 fully saturated rings. The summed E-state index contributed by atoms with van der Waals surface area (Å²) in [5.41, 5.74) is 4.83. The number of para-hydroxylation sites is 1. The van der Waals surface area contributed by atoms with Gasteiger partial charge in [-0.2, -0.15) is 0 Å². The minimum absolute atomic E-state index is 0.117. The van der Waals surface area contributed by atoms with Crippen molar-refractivity contribution in [1.29, 1.82) is 0 Å². The fraction of sp³-hybridized carbons (Fsp3) is 0.259. The van der Waals surface area contributed by atoms with E-state index in [9.17, 15) is 0 Å². The van der Waals surface area contributed by atoms with E-state index in [2.05, 4.69) is 66.0 Å². The molecule has 0 aromatic heterocycles. The summed E-state index contributed by atoms with van der Waals surface area (Å²) in [6.07, 6.45) is 7.64. The van der Waals surface area contributed by atoms with Crippen LogP contribution in [0.3, 0.4) is 0 Å². The molecule has 0 bridgehead atoms. The molecule has 1 N–H and O–H groups in total. The topological polar surface area (TPSA) is 21.3 Å². The van der Waals surface area contributed by atoms with Gasteiger partial charge in [-0.25, -0.2) is 0 Å². The highest BCUT2D eigenvalue weighted by Crippen LogP contribution is 2.53. The number of hydrogen-bond acceptors (Lipinski definition) is 2. The predicted octanol–water partition coefficient (Wildman–Crippen LogP) is 7.83. The zero-order valence-electron chi connectivity index (χ0n) is 17.2. The van der Waals surface area contributed by atoms with E-state index in [-0.39, 0.29) is 6.04 Å². The molecule has 1 heterocycles. The molecule has 1 aliphatic heterocycles. The first-order valence-corrected chi connectivity index (χ1v) is 11.6. The maximum Gasteiger partial charge on any atom is 0.142 e. The van der Waals surface area contributed by atoms with Crippen molar-refractivity contribution in [1.82, 2.24) is 0 Å². The Hall–Kier alpha value is -2.42. The molecular weight excluding hydrogens is 425 g/mol. The molecule has 0 amide bonds. The van der Waals surface area contributed by atoms with E-state index >= 15 is 0 Å². The Labute approximate surface area is 193 Å². The minimum atomic E-state index is 0.117. The molecule has 3 atom stereocenters. The number of halogens is 2. The quantitative estimate of drug-likeness (QED) is 0.305. The van der Waals surface area contributed by atoms with Crippen molar-refractivity contribution in [3.63, 3.8) is 0 Å². The molecule has 2 aliphatic rings. The highest BCUT2D eigenvalue weighted by Gasteiger charge is 2.39. The maximum absolute atomic E-state index is 6.60.